The zero-order valence-electron chi connectivity index (χ0n) is 14.5. The first-order chi connectivity index (χ1) is 12.7. The maximum Gasteiger partial charge on any atom is 0.272 e. The number of carbonyl (C=O) groups is 1. The van der Waals surface area contributed by atoms with E-state index in [1.807, 2.05) is 69.6 Å². The molecule has 0 spiro atoms. The fourth-order valence-electron chi connectivity index (χ4n) is 3.01. The van der Waals surface area contributed by atoms with E-state index in [9.17, 15) is 4.79 Å². The molecule has 7 heteroatoms. The molecule has 26 heavy (non-hydrogen) atoms. The summed E-state index contributed by atoms with van der Waals surface area (Å²) in [7, 11) is 1.97. The van der Waals surface area contributed by atoms with Gasteiger partial charge in [-0.1, -0.05) is 6.07 Å². The van der Waals surface area contributed by atoms with Crippen LogP contribution in [0.1, 0.15) is 16.9 Å². The third-order valence-corrected chi connectivity index (χ3v) is 4.29. The second kappa shape index (κ2) is 6.87. The molecular weight excluding hydrogens is 328 g/mol. The lowest BCUT2D eigenvalue weighted by molar-refractivity contribution is 0.0950. The molecule has 0 aliphatic heterocycles. The Bertz CT molecular complexity index is 1030. The molecule has 0 aliphatic carbocycles. The number of carbonyl (C=O) groups excluding carboxylic acids is 1. The number of nitrogens with zero attached hydrogens (tertiary/aromatic N) is 5. The zero-order chi connectivity index (χ0) is 17.9. The second-order valence-electron chi connectivity index (χ2n) is 6.22. The predicted molar refractivity (Wildman–Crippen MR) is 98.8 cm³/mol. The maximum absolute atomic E-state index is 12.7. The molecule has 1 N–H and O–H groups in total. The number of imidazole rings is 2. The van der Waals surface area contributed by atoms with Crippen molar-refractivity contribution in [1.82, 2.24) is 28.8 Å². The number of fused-ring (bicyclic) bond motifs is 1. The number of nitrogens with one attached hydrogen (secondary N) is 1. The van der Waals surface area contributed by atoms with E-state index in [4.69, 9.17) is 0 Å². The van der Waals surface area contributed by atoms with E-state index in [1.165, 1.54) is 0 Å². The molecule has 0 saturated carbocycles. The molecule has 1 amide bonds. The minimum absolute atomic E-state index is 0.151. The Kier molecular flexibility index (Phi) is 4.27. The molecule has 4 aromatic rings. The number of aryl methyl sites for hydroxylation is 2. The summed E-state index contributed by atoms with van der Waals surface area (Å²) in [5.74, 6) is 0.617. The van der Waals surface area contributed by atoms with Crippen molar-refractivity contribution >= 4 is 11.4 Å². The van der Waals surface area contributed by atoms with Crippen LogP contribution in [0.25, 0.3) is 16.9 Å². The van der Waals surface area contributed by atoms with Crippen molar-refractivity contribution in [1.29, 1.82) is 0 Å². The molecule has 4 rings (SSSR count). The van der Waals surface area contributed by atoms with Crippen molar-refractivity contribution in [2.75, 3.05) is 6.54 Å². The van der Waals surface area contributed by atoms with Crippen LogP contribution in [0.4, 0.5) is 0 Å². The van der Waals surface area contributed by atoms with Crippen LogP contribution in [0, 0.1) is 0 Å². The minimum Gasteiger partial charge on any atom is -0.357 e. The Hall–Kier alpha value is -3.35. The van der Waals surface area contributed by atoms with E-state index in [2.05, 4.69) is 15.3 Å². The van der Waals surface area contributed by atoms with E-state index in [0.717, 1.165) is 29.9 Å². The van der Waals surface area contributed by atoms with E-state index in [1.54, 1.807) is 12.5 Å². The predicted octanol–water partition coefficient (Wildman–Crippen LogP) is 2.36. The van der Waals surface area contributed by atoms with Gasteiger partial charge in [-0.25, -0.2) is 9.97 Å². The monoisotopic (exact) mass is 348 g/mol. The molecule has 132 valence electrons. The van der Waals surface area contributed by atoms with E-state index >= 15 is 0 Å². The smallest absolute Gasteiger partial charge is 0.272 e. The number of rotatable bonds is 6. The molecule has 0 bridgehead atoms. The first-order valence-corrected chi connectivity index (χ1v) is 8.56. The molecule has 0 fully saturated rings. The number of aromatic nitrogens is 5. The fourth-order valence-corrected chi connectivity index (χ4v) is 3.01. The van der Waals surface area contributed by atoms with Crippen LogP contribution in [-0.2, 0) is 13.6 Å². The molecule has 0 radical (unpaired) electrons. The first-order valence-electron chi connectivity index (χ1n) is 8.56. The van der Waals surface area contributed by atoms with Crippen LogP contribution >= 0.6 is 0 Å². The highest BCUT2D eigenvalue weighted by Crippen LogP contribution is 2.23. The van der Waals surface area contributed by atoms with Crippen molar-refractivity contribution in [3.8, 4) is 11.4 Å². The Morgan fingerprint density at radius 3 is 2.88 bits per heavy atom. The van der Waals surface area contributed by atoms with Gasteiger partial charge in [-0.15, -0.1) is 0 Å². The Labute approximate surface area is 150 Å². The third kappa shape index (κ3) is 3.11. The van der Waals surface area contributed by atoms with Crippen molar-refractivity contribution < 1.29 is 4.79 Å². The van der Waals surface area contributed by atoms with Gasteiger partial charge >= 0.3 is 0 Å². The van der Waals surface area contributed by atoms with Gasteiger partial charge in [0.15, 0.2) is 5.69 Å². The van der Waals surface area contributed by atoms with Gasteiger partial charge in [0.1, 0.15) is 5.82 Å². The van der Waals surface area contributed by atoms with Gasteiger partial charge < -0.3 is 14.5 Å². The van der Waals surface area contributed by atoms with Crippen LogP contribution in [0.5, 0.6) is 0 Å². The summed E-state index contributed by atoms with van der Waals surface area (Å²) in [4.78, 5) is 21.3. The minimum atomic E-state index is -0.151. The normalized spacial score (nSPS) is 11.1. The molecule has 7 nitrogen and oxygen atoms in total. The van der Waals surface area contributed by atoms with Crippen molar-refractivity contribution in [3.63, 3.8) is 0 Å². The number of amides is 1. The van der Waals surface area contributed by atoms with Crippen molar-refractivity contribution in [2.24, 2.45) is 7.05 Å². The average Bonchev–Trinajstić information content (AvgIpc) is 3.38. The topological polar surface area (TPSA) is 69.2 Å². The molecule has 0 saturated heterocycles. The molecule has 0 aromatic carbocycles. The van der Waals surface area contributed by atoms with Crippen LogP contribution in [0.3, 0.4) is 0 Å². The summed E-state index contributed by atoms with van der Waals surface area (Å²) >= 11 is 0. The highest BCUT2D eigenvalue weighted by atomic mass is 16.1. The zero-order valence-corrected chi connectivity index (χ0v) is 14.5. The van der Waals surface area contributed by atoms with Crippen LogP contribution in [0.2, 0.25) is 0 Å². The molecule has 4 heterocycles. The number of pyridine rings is 1. The molecule has 0 atom stereocenters. The number of hydrogen-bond donors (Lipinski definition) is 1. The first kappa shape index (κ1) is 16.1. The van der Waals surface area contributed by atoms with E-state index < -0.39 is 0 Å². The van der Waals surface area contributed by atoms with Crippen LogP contribution in [0.15, 0.2) is 61.6 Å². The molecule has 0 unspecified atom stereocenters. The van der Waals surface area contributed by atoms with Gasteiger partial charge in [0, 0.05) is 56.7 Å². The van der Waals surface area contributed by atoms with Crippen molar-refractivity contribution in [3.05, 3.63) is 67.3 Å². The lowest BCUT2D eigenvalue weighted by Gasteiger charge is -2.04. The largest absolute Gasteiger partial charge is 0.357 e. The van der Waals surface area contributed by atoms with Crippen molar-refractivity contribution in [2.45, 2.75) is 13.0 Å². The SMILES string of the molecule is Cn1ccc(-c2nc(C(=O)NCCCn3ccnc3)c3ccccn23)c1. The Balaban J connectivity index is 1.53. The van der Waals surface area contributed by atoms with Gasteiger partial charge in [-0.2, -0.15) is 0 Å². The summed E-state index contributed by atoms with van der Waals surface area (Å²) in [6.45, 7) is 1.41. The lowest BCUT2D eigenvalue weighted by Crippen LogP contribution is -2.25. The average molecular weight is 348 g/mol. The van der Waals surface area contributed by atoms with Gasteiger partial charge in [-0.3, -0.25) is 9.20 Å². The summed E-state index contributed by atoms with van der Waals surface area (Å²) in [5.41, 5.74) is 2.23. The van der Waals surface area contributed by atoms with Gasteiger partial charge in [0.2, 0.25) is 0 Å². The van der Waals surface area contributed by atoms with Gasteiger partial charge in [0.25, 0.3) is 5.91 Å². The highest BCUT2D eigenvalue weighted by molar-refractivity contribution is 6.00. The molecular formula is C19H20N6O. The van der Waals surface area contributed by atoms with E-state index in [0.29, 0.717) is 12.2 Å². The van der Waals surface area contributed by atoms with Crippen LogP contribution < -0.4 is 5.32 Å². The van der Waals surface area contributed by atoms with E-state index in [-0.39, 0.29) is 5.91 Å². The summed E-state index contributed by atoms with van der Waals surface area (Å²) in [6.07, 6.45) is 12.2. The standard InChI is InChI=1S/C19H20N6O/c1-23-11-6-15(13-23)18-22-17(16-5-2-3-10-25(16)18)19(26)21-7-4-9-24-12-8-20-14-24/h2-3,5-6,8,10-14H,4,7,9H2,1H3,(H,21,26). The summed E-state index contributed by atoms with van der Waals surface area (Å²) in [6, 6.07) is 7.77. The van der Waals surface area contributed by atoms with Crippen LogP contribution in [-0.4, -0.2) is 36.0 Å². The quantitative estimate of drug-likeness (QED) is 0.544. The summed E-state index contributed by atoms with van der Waals surface area (Å²) < 4.78 is 5.91. The molecule has 4 aromatic heterocycles. The maximum atomic E-state index is 12.7. The Morgan fingerprint density at radius 1 is 1.19 bits per heavy atom. The second-order valence-corrected chi connectivity index (χ2v) is 6.22. The fraction of sp³-hybridized carbons (Fsp3) is 0.211. The molecule has 0 aliphatic rings. The third-order valence-electron chi connectivity index (χ3n) is 4.29. The lowest BCUT2D eigenvalue weighted by atomic mass is 10.3. The Morgan fingerprint density at radius 2 is 2.12 bits per heavy atom. The highest BCUT2D eigenvalue weighted by Gasteiger charge is 2.18. The van der Waals surface area contributed by atoms with Gasteiger partial charge in [-0.05, 0) is 24.6 Å². The number of hydrogen-bond acceptors (Lipinski definition) is 3. The summed E-state index contributed by atoms with van der Waals surface area (Å²) in [5, 5.41) is 2.97. The van der Waals surface area contributed by atoms with Gasteiger partial charge in [0.05, 0.1) is 11.8 Å².